The Morgan fingerprint density at radius 2 is 1.78 bits per heavy atom. The zero-order valence-electron chi connectivity index (χ0n) is 30.1. The molecule has 0 radical (unpaired) electrons. The average Bonchev–Trinajstić information content (AvgIpc) is 3.67. The zero-order valence-corrected chi connectivity index (χ0v) is 31.8. The van der Waals surface area contributed by atoms with Crippen LogP contribution in [-0.2, 0) is 29.1 Å². The van der Waals surface area contributed by atoms with Gasteiger partial charge in [-0.25, -0.2) is 30.8 Å². The Bertz CT molecular complexity index is 2080. The SMILES string of the molecule is C/C=C(F)\C(CC[C@H]1CNCCN1S(=O)(=O)c1ccc(C(=N)N=C(OC)C(=O)OCC)s1)=C(/C=N)NC(=O)C[C@@H](c1ccc(F)cc1)c1cc(F)cc(F)c1. The van der Waals surface area contributed by atoms with E-state index in [9.17, 15) is 31.2 Å². The third kappa shape index (κ3) is 11.0. The molecule has 12 nitrogen and oxygen atoms in total. The summed E-state index contributed by atoms with van der Waals surface area (Å²) in [6.45, 7) is 3.65. The molecule has 2 heterocycles. The molecule has 0 aliphatic carbocycles. The molecular formula is C37H40F4N6O6S2. The molecule has 1 fully saturated rings. The molecule has 55 heavy (non-hydrogen) atoms. The van der Waals surface area contributed by atoms with E-state index in [1.54, 1.807) is 6.92 Å². The number of amides is 1. The summed E-state index contributed by atoms with van der Waals surface area (Å²) in [4.78, 5) is 29.5. The largest absolute Gasteiger partial charge is 0.476 e. The van der Waals surface area contributed by atoms with Crippen LogP contribution in [0.4, 0.5) is 17.6 Å². The van der Waals surface area contributed by atoms with Crippen LogP contribution in [0.5, 0.6) is 0 Å². The highest BCUT2D eigenvalue weighted by atomic mass is 32.2. The minimum absolute atomic E-state index is 0.0539. The maximum atomic E-state index is 15.5. The number of aliphatic imine (C=N–C) groups is 1. The molecule has 1 amide bonds. The molecular weight excluding hydrogens is 765 g/mol. The van der Waals surface area contributed by atoms with E-state index in [0.717, 1.165) is 47.9 Å². The number of methoxy groups -OCH3 is 1. The number of thiophene rings is 1. The molecule has 1 saturated heterocycles. The second-order valence-corrected chi connectivity index (χ2v) is 15.3. The first kappa shape index (κ1) is 42.7. The number of hydrogen-bond donors (Lipinski definition) is 4. The number of halogens is 4. The fraction of sp³-hybridized carbons (Fsp3) is 0.324. The van der Waals surface area contributed by atoms with Gasteiger partial charge in [0.1, 0.15) is 27.5 Å². The van der Waals surface area contributed by atoms with Gasteiger partial charge in [-0.05, 0) is 74.2 Å². The quantitative estimate of drug-likeness (QED) is 0.0512. The first-order chi connectivity index (χ1) is 26.2. The molecule has 2 aromatic carbocycles. The monoisotopic (exact) mass is 804 g/mol. The van der Waals surface area contributed by atoms with Crippen LogP contribution in [0.15, 0.2) is 87.0 Å². The van der Waals surface area contributed by atoms with Gasteiger partial charge in [-0.1, -0.05) is 18.2 Å². The van der Waals surface area contributed by atoms with E-state index in [-0.39, 0.29) is 58.5 Å². The molecule has 0 saturated carbocycles. The third-order valence-electron chi connectivity index (χ3n) is 8.49. The van der Waals surface area contributed by atoms with Gasteiger partial charge in [-0.2, -0.15) is 9.30 Å². The third-order valence-corrected chi connectivity index (χ3v) is 12.0. The van der Waals surface area contributed by atoms with E-state index in [1.807, 2.05) is 0 Å². The summed E-state index contributed by atoms with van der Waals surface area (Å²) in [5.74, 6) is -6.53. The van der Waals surface area contributed by atoms with Crippen LogP contribution in [0, 0.1) is 28.3 Å². The molecule has 2 atom stereocenters. The van der Waals surface area contributed by atoms with Crippen molar-refractivity contribution in [1.29, 1.82) is 10.8 Å². The Hall–Kier alpha value is -5.04. The smallest absolute Gasteiger partial charge is 0.394 e. The Morgan fingerprint density at radius 3 is 2.40 bits per heavy atom. The van der Waals surface area contributed by atoms with Crippen LogP contribution in [0.1, 0.15) is 55.0 Å². The van der Waals surface area contributed by atoms with Crippen molar-refractivity contribution in [3.8, 4) is 0 Å². The van der Waals surface area contributed by atoms with Gasteiger partial charge in [0.25, 0.3) is 10.0 Å². The van der Waals surface area contributed by atoms with Crippen LogP contribution in [0.25, 0.3) is 0 Å². The number of piperazine rings is 1. The Morgan fingerprint density at radius 1 is 1.09 bits per heavy atom. The molecule has 18 heteroatoms. The summed E-state index contributed by atoms with van der Waals surface area (Å²) < 4.78 is 96.4. The van der Waals surface area contributed by atoms with Crippen molar-refractivity contribution in [2.45, 2.75) is 49.3 Å². The second-order valence-electron chi connectivity index (χ2n) is 12.1. The van der Waals surface area contributed by atoms with E-state index < -0.39 is 75.3 Å². The lowest BCUT2D eigenvalue weighted by atomic mass is 9.88. The van der Waals surface area contributed by atoms with Crippen molar-refractivity contribution in [2.75, 3.05) is 33.4 Å². The standard InChI is InChI=1S/C37H40F4N6O6S2/c1-4-30(41)28(31(20-42)45-33(48)19-29(22-6-8-24(38)9-7-22)23-16-25(39)18-26(40)17-23)11-10-27-21-44-14-15-47(27)55(50,51)34-13-12-32(54-34)35(43)46-36(52-3)37(49)53-5-2/h4,6-9,12-13,16-18,20,27,29,42-44H,5,10-11,14-15,19,21H2,1-3H3,(H,45,48)/b30-4+,31-28+,42-20?,43-35?,46-36?/t27-,29-/m0/s1. The van der Waals surface area contributed by atoms with Gasteiger partial charge in [0, 0.05) is 55.9 Å². The van der Waals surface area contributed by atoms with Crippen LogP contribution in [0.2, 0.25) is 0 Å². The average molecular weight is 805 g/mol. The normalized spacial score (nSPS) is 16.5. The number of nitrogens with zero attached hydrogens (tertiary/aromatic N) is 2. The van der Waals surface area contributed by atoms with E-state index in [0.29, 0.717) is 18.2 Å². The summed E-state index contributed by atoms with van der Waals surface area (Å²) in [5.41, 5.74) is 0.197. The summed E-state index contributed by atoms with van der Waals surface area (Å²) in [6.07, 6.45) is 1.43. The molecule has 1 aromatic heterocycles. The summed E-state index contributed by atoms with van der Waals surface area (Å²) >= 11 is 0.768. The fourth-order valence-electron chi connectivity index (χ4n) is 5.88. The molecule has 4 N–H and O–H groups in total. The van der Waals surface area contributed by atoms with Crippen molar-refractivity contribution in [2.24, 2.45) is 4.99 Å². The number of ether oxygens (including phenoxy) is 2. The van der Waals surface area contributed by atoms with Crippen molar-refractivity contribution in [3.63, 3.8) is 0 Å². The van der Waals surface area contributed by atoms with E-state index in [4.69, 9.17) is 20.3 Å². The van der Waals surface area contributed by atoms with Crippen molar-refractivity contribution in [3.05, 3.63) is 111 Å². The lowest BCUT2D eigenvalue weighted by Gasteiger charge is -2.35. The number of amidine groups is 1. The topological polar surface area (TPSA) is 174 Å². The number of allylic oxidation sites excluding steroid dienone is 4. The van der Waals surface area contributed by atoms with Crippen LogP contribution >= 0.6 is 11.3 Å². The number of carbonyl (C=O) groups is 2. The minimum atomic E-state index is -4.15. The second kappa shape index (κ2) is 19.5. The number of rotatable bonds is 14. The molecule has 3 aromatic rings. The Kier molecular flexibility index (Phi) is 15.2. The minimum Gasteiger partial charge on any atom is -0.476 e. The molecule has 294 valence electrons. The zero-order chi connectivity index (χ0) is 40.3. The highest BCUT2D eigenvalue weighted by Gasteiger charge is 2.35. The van der Waals surface area contributed by atoms with Gasteiger partial charge in [-0.3, -0.25) is 10.2 Å². The number of sulfonamides is 1. The summed E-state index contributed by atoms with van der Waals surface area (Å²) in [7, 11) is -2.96. The van der Waals surface area contributed by atoms with E-state index in [1.165, 1.54) is 42.6 Å². The van der Waals surface area contributed by atoms with Gasteiger partial charge in [0.15, 0.2) is 5.84 Å². The van der Waals surface area contributed by atoms with Gasteiger partial charge in [0.2, 0.25) is 5.91 Å². The summed E-state index contributed by atoms with van der Waals surface area (Å²) in [5, 5.41) is 22.0. The number of carbonyl (C=O) groups excluding carboxylic acids is 2. The van der Waals surface area contributed by atoms with E-state index in [2.05, 4.69) is 15.6 Å². The van der Waals surface area contributed by atoms with Crippen molar-refractivity contribution < 1.29 is 45.0 Å². The molecule has 4 rings (SSSR count). The summed E-state index contributed by atoms with van der Waals surface area (Å²) in [6, 6.07) is 9.84. The van der Waals surface area contributed by atoms with Crippen LogP contribution < -0.4 is 10.6 Å². The van der Waals surface area contributed by atoms with Crippen molar-refractivity contribution >= 4 is 51.2 Å². The lowest BCUT2D eigenvalue weighted by Crippen LogP contribution is -2.53. The molecule has 1 aliphatic heterocycles. The number of esters is 1. The van der Waals surface area contributed by atoms with E-state index >= 15 is 4.39 Å². The maximum absolute atomic E-state index is 15.5. The first-order valence-corrected chi connectivity index (χ1v) is 19.3. The predicted octanol–water partition coefficient (Wildman–Crippen LogP) is 5.96. The molecule has 1 aliphatic rings. The molecule has 0 bridgehead atoms. The lowest BCUT2D eigenvalue weighted by molar-refractivity contribution is -0.136. The number of hydrogen-bond acceptors (Lipinski definition) is 10. The highest BCUT2D eigenvalue weighted by molar-refractivity contribution is 7.91. The highest BCUT2D eigenvalue weighted by Crippen LogP contribution is 2.32. The molecule has 0 unspecified atom stereocenters. The van der Waals surface area contributed by atoms with Gasteiger partial charge < -0.3 is 25.5 Å². The predicted molar refractivity (Wildman–Crippen MR) is 200 cm³/mol. The fourth-order valence-corrected chi connectivity index (χ4v) is 8.87. The van der Waals surface area contributed by atoms with Crippen LogP contribution in [-0.4, -0.2) is 81.9 Å². The Balaban J connectivity index is 1.56. The Labute approximate surface area is 320 Å². The van der Waals surface area contributed by atoms with Crippen molar-refractivity contribution in [1.82, 2.24) is 14.9 Å². The van der Waals surface area contributed by atoms with Crippen LogP contribution in [0.3, 0.4) is 0 Å². The van der Waals surface area contributed by atoms with Gasteiger partial charge >= 0.3 is 11.9 Å². The van der Waals surface area contributed by atoms with Gasteiger partial charge in [0.05, 0.1) is 24.3 Å². The maximum Gasteiger partial charge on any atom is 0.394 e. The molecule has 0 spiro atoms. The first-order valence-electron chi connectivity index (χ1n) is 17.0. The number of nitrogens with one attached hydrogen (secondary N) is 4. The van der Waals surface area contributed by atoms with Gasteiger partial charge in [-0.15, -0.1) is 11.3 Å². The number of benzene rings is 2.